The van der Waals surface area contributed by atoms with Crippen LogP contribution in [-0.2, 0) is 27.2 Å². The van der Waals surface area contributed by atoms with E-state index >= 15 is 0 Å². The van der Waals surface area contributed by atoms with Crippen molar-refractivity contribution in [3.8, 4) is 11.5 Å². The number of hydrogen-bond acceptors (Lipinski definition) is 5. The van der Waals surface area contributed by atoms with Crippen LogP contribution in [0.3, 0.4) is 0 Å². The Morgan fingerprint density at radius 3 is 1.67 bits per heavy atom. The molecule has 1 heterocycles. The molecule has 3 rings (SSSR count). The summed E-state index contributed by atoms with van der Waals surface area (Å²) in [5.41, 5.74) is 1.29. The number of carbonyl (C=O) groups excluding carboxylic acids is 2. The van der Waals surface area contributed by atoms with Crippen LogP contribution in [0.1, 0.15) is 38.8 Å². The summed E-state index contributed by atoms with van der Waals surface area (Å²) in [5.74, 6) is 0.305. The molecule has 0 amide bonds. The molecule has 5 nitrogen and oxygen atoms in total. The van der Waals surface area contributed by atoms with Gasteiger partial charge < -0.3 is 14.2 Å². The second-order valence-electron chi connectivity index (χ2n) is 6.12. The number of ether oxygens (including phenoxy) is 3. The molecule has 0 bridgehead atoms. The fraction of sp³-hybridized carbons (Fsp3) is 0.500. The molecule has 2 atom stereocenters. The third-order valence-corrected chi connectivity index (χ3v) is 4.41. The summed E-state index contributed by atoms with van der Waals surface area (Å²) in [4.78, 5) is 22.5. The van der Waals surface area contributed by atoms with Gasteiger partial charge in [-0.3, -0.25) is 9.59 Å². The molecule has 2 unspecified atom stereocenters. The molecule has 0 spiro atoms. The molecule has 1 aliphatic carbocycles. The molecule has 0 saturated carbocycles. The lowest BCUT2D eigenvalue weighted by molar-refractivity contribution is -0.133. The van der Waals surface area contributed by atoms with E-state index in [1.54, 1.807) is 12.1 Å². The van der Waals surface area contributed by atoms with Crippen LogP contribution in [-0.4, -0.2) is 23.1 Å². The molecule has 1 aromatic carbocycles. The summed E-state index contributed by atoms with van der Waals surface area (Å²) in [6.45, 7) is 6.83. The summed E-state index contributed by atoms with van der Waals surface area (Å²) in [6, 6.07) is 3.35. The Balaban J connectivity index is 2.07. The molecule has 2 aliphatic rings. The largest absolute Gasteiger partial charge is 0.426 e. The van der Waals surface area contributed by atoms with Gasteiger partial charge in [-0.05, 0) is 26.0 Å². The number of benzene rings is 1. The van der Waals surface area contributed by atoms with Crippen LogP contribution in [0.4, 0.5) is 0 Å². The molecule has 1 fully saturated rings. The normalized spacial score (nSPS) is 29.1. The van der Waals surface area contributed by atoms with Crippen molar-refractivity contribution in [2.75, 3.05) is 0 Å². The summed E-state index contributed by atoms with van der Waals surface area (Å²) in [5, 5.41) is 0. The molecule has 0 radical (unpaired) electrons. The van der Waals surface area contributed by atoms with Crippen molar-refractivity contribution >= 4 is 11.9 Å². The lowest BCUT2D eigenvalue weighted by atomic mass is 9.77. The molecule has 0 N–H and O–H groups in total. The molecule has 5 heteroatoms. The van der Waals surface area contributed by atoms with Crippen LogP contribution in [0, 0.1) is 0 Å². The van der Waals surface area contributed by atoms with E-state index in [0.29, 0.717) is 24.3 Å². The average Bonchev–Trinajstić information content (AvgIpc) is 2.90. The van der Waals surface area contributed by atoms with Crippen molar-refractivity contribution in [3.63, 3.8) is 0 Å². The van der Waals surface area contributed by atoms with Gasteiger partial charge in [0.15, 0.2) is 0 Å². The Bertz CT molecular complexity index is 595. The van der Waals surface area contributed by atoms with Gasteiger partial charge in [-0.1, -0.05) is 0 Å². The Kier molecular flexibility index (Phi) is 2.89. The van der Waals surface area contributed by atoms with Gasteiger partial charge in [0.1, 0.15) is 11.5 Å². The predicted octanol–water partition coefficient (Wildman–Crippen LogP) is 2.18. The van der Waals surface area contributed by atoms with E-state index in [1.807, 2.05) is 13.8 Å². The second kappa shape index (κ2) is 4.31. The van der Waals surface area contributed by atoms with E-state index in [0.717, 1.165) is 11.1 Å². The van der Waals surface area contributed by atoms with E-state index in [-0.39, 0.29) is 23.1 Å². The van der Waals surface area contributed by atoms with Gasteiger partial charge in [-0.2, -0.15) is 0 Å². The van der Waals surface area contributed by atoms with Crippen molar-refractivity contribution in [2.45, 2.75) is 51.7 Å². The van der Waals surface area contributed by atoms with Crippen molar-refractivity contribution in [1.82, 2.24) is 0 Å². The first-order valence-corrected chi connectivity index (χ1v) is 6.96. The molecule has 1 saturated heterocycles. The maximum absolute atomic E-state index is 11.3. The fourth-order valence-corrected chi connectivity index (χ4v) is 3.13. The first-order valence-electron chi connectivity index (χ1n) is 6.96. The lowest BCUT2D eigenvalue weighted by Gasteiger charge is -2.25. The summed E-state index contributed by atoms with van der Waals surface area (Å²) < 4.78 is 16.4. The highest BCUT2D eigenvalue weighted by Crippen LogP contribution is 2.57. The molecule has 1 aliphatic heterocycles. The van der Waals surface area contributed by atoms with Crippen molar-refractivity contribution in [2.24, 2.45) is 0 Å². The number of epoxide rings is 1. The Morgan fingerprint density at radius 2 is 1.33 bits per heavy atom. The smallest absolute Gasteiger partial charge is 0.308 e. The van der Waals surface area contributed by atoms with Crippen LogP contribution in [0.2, 0.25) is 0 Å². The van der Waals surface area contributed by atoms with Gasteiger partial charge in [-0.15, -0.1) is 0 Å². The number of rotatable bonds is 2. The standard InChI is InChI=1S/C16H18O5/c1-9(17)19-13-5-6-14(20-10(2)18)12-8-16(4)15(3,21-16)7-11(12)13/h5-6H,7-8H2,1-4H3. The van der Waals surface area contributed by atoms with E-state index < -0.39 is 0 Å². The first kappa shape index (κ1) is 14.1. The Hall–Kier alpha value is -1.88. The highest BCUT2D eigenvalue weighted by molar-refractivity contribution is 5.73. The zero-order chi connectivity index (χ0) is 15.4. The number of esters is 2. The molecule has 21 heavy (non-hydrogen) atoms. The van der Waals surface area contributed by atoms with Gasteiger partial charge in [0.05, 0.1) is 11.2 Å². The molecule has 1 aromatic rings. The Morgan fingerprint density at radius 1 is 0.952 bits per heavy atom. The second-order valence-corrected chi connectivity index (χ2v) is 6.12. The zero-order valence-electron chi connectivity index (χ0n) is 12.6. The highest BCUT2D eigenvalue weighted by atomic mass is 16.6. The lowest BCUT2D eigenvalue weighted by Crippen LogP contribution is -2.31. The molecule has 112 valence electrons. The quantitative estimate of drug-likeness (QED) is 0.474. The van der Waals surface area contributed by atoms with Gasteiger partial charge in [0.25, 0.3) is 0 Å². The number of hydrogen-bond donors (Lipinski definition) is 0. The van der Waals surface area contributed by atoms with Crippen LogP contribution in [0.5, 0.6) is 11.5 Å². The van der Waals surface area contributed by atoms with Crippen molar-refractivity contribution in [1.29, 1.82) is 0 Å². The van der Waals surface area contributed by atoms with Crippen LogP contribution >= 0.6 is 0 Å². The minimum Gasteiger partial charge on any atom is -0.426 e. The molecule has 0 aromatic heterocycles. The van der Waals surface area contributed by atoms with Crippen molar-refractivity contribution < 1.29 is 23.8 Å². The van der Waals surface area contributed by atoms with Gasteiger partial charge >= 0.3 is 11.9 Å². The van der Waals surface area contributed by atoms with Crippen LogP contribution in [0.15, 0.2) is 12.1 Å². The maximum Gasteiger partial charge on any atom is 0.308 e. The highest BCUT2D eigenvalue weighted by Gasteiger charge is 2.66. The number of carbonyl (C=O) groups is 2. The summed E-state index contributed by atoms with van der Waals surface area (Å²) in [7, 11) is 0. The van der Waals surface area contributed by atoms with Crippen LogP contribution < -0.4 is 9.47 Å². The van der Waals surface area contributed by atoms with E-state index in [1.165, 1.54) is 13.8 Å². The summed E-state index contributed by atoms with van der Waals surface area (Å²) >= 11 is 0. The summed E-state index contributed by atoms with van der Waals surface area (Å²) in [6.07, 6.45) is 1.27. The van der Waals surface area contributed by atoms with Crippen molar-refractivity contribution in [3.05, 3.63) is 23.3 Å². The van der Waals surface area contributed by atoms with Crippen LogP contribution in [0.25, 0.3) is 0 Å². The third kappa shape index (κ3) is 2.21. The topological polar surface area (TPSA) is 65.1 Å². The number of fused-ring (bicyclic) bond motifs is 2. The zero-order valence-corrected chi connectivity index (χ0v) is 12.6. The molecular formula is C16H18O5. The van der Waals surface area contributed by atoms with Gasteiger partial charge in [0.2, 0.25) is 0 Å². The van der Waals surface area contributed by atoms with E-state index in [2.05, 4.69) is 0 Å². The monoisotopic (exact) mass is 290 g/mol. The minimum absolute atomic E-state index is 0.246. The third-order valence-electron chi connectivity index (χ3n) is 4.41. The maximum atomic E-state index is 11.3. The molecular weight excluding hydrogens is 272 g/mol. The minimum atomic E-state index is -0.368. The fourth-order valence-electron chi connectivity index (χ4n) is 3.13. The SMILES string of the molecule is CC(=O)Oc1ccc(OC(C)=O)c2c1CC1(C)OC1(C)C2. The van der Waals surface area contributed by atoms with E-state index in [4.69, 9.17) is 14.2 Å². The first-order chi connectivity index (χ1) is 9.74. The van der Waals surface area contributed by atoms with Gasteiger partial charge in [0, 0.05) is 37.8 Å². The van der Waals surface area contributed by atoms with E-state index in [9.17, 15) is 9.59 Å². The Labute approximate surface area is 123 Å². The van der Waals surface area contributed by atoms with Gasteiger partial charge in [-0.25, -0.2) is 0 Å². The average molecular weight is 290 g/mol. The predicted molar refractivity (Wildman–Crippen MR) is 74.4 cm³/mol.